The molecule has 0 spiro atoms. The number of hydrogen-bond acceptors (Lipinski definition) is 3. The fourth-order valence-corrected chi connectivity index (χ4v) is 5.20. The zero-order chi connectivity index (χ0) is 23.1. The van der Waals surface area contributed by atoms with Crippen molar-refractivity contribution in [3.63, 3.8) is 0 Å². The van der Waals surface area contributed by atoms with Crippen molar-refractivity contribution in [2.75, 3.05) is 0 Å². The van der Waals surface area contributed by atoms with Crippen molar-refractivity contribution in [1.82, 2.24) is 0 Å². The Kier molecular flexibility index (Phi) is 8.58. The highest BCUT2D eigenvalue weighted by Crippen LogP contribution is 2.45. The first-order chi connectivity index (χ1) is 15.4. The molecule has 0 amide bonds. The second-order valence-corrected chi connectivity index (χ2v) is 10.0. The van der Waals surface area contributed by atoms with E-state index in [1.165, 1.54) is 21.2 Å². The lowest BCUT2D eigenvalue weighted by Crippen LogP contribution is -1.96. The molecule has 2 N–H and O–H groups in total. The molecule has 0 aliphatic carbocycles. The van der Waals surface area contributed by atoms with Crippen LogP contribution < -0.4 is 0 Å². The number of aryl methyl sites for hydroxylation is 1. The van der Waals surface area contributed by atoms with Crippen LogP contribution in [0.3, 0.4) is 0 Å². The number of fused-ring (bicyclic) bond motifs is 1. The Hall–Kier alpha value is -2.52. The molecule has 2 aromatic carbocycles. The lowest BCUT2D eigenvalue weighted by molar-refractivity contribution is 0.441. The quantitative estimate of drug-likeness (QED) is 0.240. The molecule has 3 heteroatoms. The van der Waals surface area contributed by atoms with Crippen LogP contribution in [0, 0.1) is 0 Å². The van der Waals surface area contributed by atoms with E-state index in [0.29, 0.717) is 12.0 Å². The number of phenolic OH excluding ortho intramolecular Hbond substituents is 2. The number of unbranched alkanes of at least 4 members (excludes halogenated alkanes) is 2. The summed E-state index contributed by atoms with van der Waals surface area (Å²) in [5.74, 6) is 0.434. The minimum Gasteiger partial charge on any atom is -0.508 e. The third-order valence-electron chi connectivity index (χ3n) is 5.93. The summed E-state index contributed by atoms with van der Waals surface area (Å²) < 4.78 is 1.21. The van der Waals surface area contributed by atoms with Crippen LogP contribution in [0.1, 0.15) is 70.9 Å². The van der Waals surface area contributed by atoms with Crippen molar-refractivity contribution in [1.29, 1.82) is 0 Å². The number of thiophene rings is 1. The normalized spacial score (nSPS) is 11.8. The summed E-state index contributed by atoms with van der Waals surface area (Å²) >= 11 is 1.71. The molecule has 0 atom stereocenters. The first kappa shape index (κ1) is 24.1. The van der Waals surface area contributed by atoms with Crippen LogP contribution in [0.15, 0.2) is 59.7 Å². The van der Waals surface area contributed by atoms with Crippen LogP contribution in [0.25, 0.3) is 20.5 Å². The Morgan fingerprint density at radius 3 is 2.50 bits per heavy atom. The number of aromatic hydroxyl groups is 2. The number of phenols is 2. The van der Waals surface area contributed by atoms with Crippen LogP contribution in [0.4, 0.5) is 0 Å². The molecule has 1 aromatic heterocycles. The predicted octanol–water partition coefficient (Wildman–Crippen LogP) is 8.95. The first-order valence-electron chi connectivity index (χ1n) is 11.7. The van der Waals surface area contributed by atoms with Gasteiger partial charge in [-0.25, -0.2) is 0 Å². The van der Waals surface area contributed by atoms with Gasteiger partial charge in [-0.1, -0.05) is 61.3 Å². The van der Waals surface area contributed by atoms with Gasteiger partial charge in [-0.15, -0.1) is 11.3 Å². The minimum absolute atomic E-state index is 0.201. The van der Waals surface area contributed by atoms with Gasteiger partial charge in [-0.05, 0) is 82.0 Å². The highest BCUT2D eigenvalue weighted by molar-refractivity contribution is 7.22. The maximum atomic E-state index is 11.4. The van der Waals surface area contributed by atoms with Gasteiger partial charge in [0.05, 0.1) is 0 Å². The van der Waals surface area contributed by atoms with Crippen molar-refractivity contribution in [3.8, 4) is 21.9 Å². The third kappa shape index (κ3) is 6.04. The van der Waals surface area contributed by atoms with E-state index in [2.05, 4.69) is 64.1 Å². The molecule has 32 heavy (non-hydrogen) atoms. The lowest BCUT2D eigenvalue weighted by Gasteiger charge is -2.16. The van der Waals surface area contributed by atoms with Crippen molar-refractivity contribution < 1.29 is 10.2 Å². The molecule has 0 radical (unpaired) electrons. The maximum absolute atomic E-state index is 11.4. The average Bonchev–Trinajstić information content (AvgIpc) is 3.17. The Balaban J connectivity index is 1.98. The lowest BCUT2D eigenvalue weighted by atomic mass is 9.93. The van der Waals surface area contributed by atoms with E-state index in [9.17, 15) is 10.2 Å². The summed E-state index contributed by atoms with van der Waals surface area (Å²) in [6.45, 7) is 8.55. The van der Waals surface area contributed by atoms with E-state index < -0.39 is 0 Å². The molecule has 2 nitrogen and oxygen atoms in total. The van der Waals surface area contributed by atoms with Crippen molar-refractivity contribution in [3.05, 3.63) is 70.8 Å². The summed E-state index contributed by atoms with van der Waals surface area (Å²) in [7, 11) is 0. The zero-order valence-corrected chi connectivity index (χ0v) is 20.7. The molecule has 0 aliphatic rings. The van der Waals surface area contributed by atoms with Gasteiger partial charge in [0.25, 0.3) is 0 Å². The predicted molar refractivity (Wildman–Crippen MR) is 140 cm³/mol. The Bertz CT molecular complexity index is 1080. The molecular weight excluding hydrogens is 412 g/mol. The van der Waals surface area contributed by atoms with Crippen LogP contribution in [0.2, 0.25) is 0 Å². The van der Waals surface area contributed by atoms with E-state index in [-0.39, 0.29) is 11.5 Å². The number of allylic oxidation sites excluding steroid dienone is 4. The van der Waals surface area contributed by atoms with E-state index in [1.54, 1.807) is 11.3 Å². The van der Waals surface area contributed by atoms with E-state index in [4.69, 9.17) is 0 Å². The second-order valence-electron chi connectivity index (χ2n) is 8.94. The molecular formula is C29H36O2S. The fraction of sp³-hybridized carbons (Fsp3) is 0.379. The van der Waals surface area contributed by atoms with Gasteiger partial charge < -0.3 is 10.2 Å². The average molecular weight is 449 g/mol. The Labute approximate surface area is 196 Å². The van der Waals surface area contributed by atoms with Crippen molar-refractivity contribution >= 4 is 21.4 Å². The molecule has 0 saturated heterocycles. The van der Waals surface area contributed by atoms with E-state index >= 15 is 0 Å². The minimum atomic E-state index is 0.201. The highest BCUT2D eigenvalue weighted by Gasteiger charge is 2.20. The van der Waals surface area contributed by atoms with Crippen LogP contribution in [0.5, 0.6) is 11.5 Å². The molecule has 0 aliphatic heterocycles. The monoisotopic (exact) mass is 448 g/mol. The molecule has 0 fully saturated rings. The molecule has 0 saturated carbocycles. The van der Waals surface area contributed by atoms with Crippen LogP contribution >= 0.6 is 11.3 Å². The first-order valence-corrected chi connectivity index (χ1v) is 12.6. The number of benzene rings is 2. The van der Waals surface area contributed by atoms with Gasteiger partial charge in [-0.2, -0.15) is 0 Å². The molecule has 1 heterocycles. The van der Waals surface area contributed by atoms with Gasteiger partial charge in [0.2, 0.25) is 0 Å². The van der Waals surface area contributed by atoms with Crippen molar-refractivity contribution in [2.24, 2.45) is 0 Å². The van der Waals surface area contributed by atoms with Crippen LogP contribution in [-0.2, 0) is 12.8 Å². The fourth-order valence-electron chi connectivity index (χ4n) is 4.06. The SMILES string of the molecule is CCCCCc1cc(O)c(CC=C(C)CCC=C(C)C)c(O)c1-c1cc2ccccc2s1. The van der Waals surface area contributed by atoms with Gasteiger partial charge in [-0.3, -0.25) is 0 Å². The number of rotatable bonds is 10. The topological polar surface area (TPSA) is 40.5 Å². The Morgan fingerprint density at radius 1 is 1.00 bits per heavy atom. The van der Waals surface area contributed by atoms with Gasteiger partial charge in [0.15, 0.2) is 0 Å². The van der Waals surface area contributed by atoms with Crippen LogP contribution in [-0.4, -0.2) is 10.2 Å². The van der Waals surface area contributed by atoms with E-state index in [0.717, 1.165) is 54.5 Å². The molecule has 3 rings (SSSR count). The Morgan fingerprint density at radius 2 is 1.78 bits per heavy atom. The highest BCUT2D eigenvalue weighted by atomic mass is 32.1. The summed E-state index contributed by atoms with van der Waals surface area (Å²) in [6.07, 6.45) is 11.1. The standard InChI is InChI=1S/C29H36O2S/c1-5-6-7-14-23-18-25(30)24(17-16-21(4)12-10-11-20(2)3)29(31)28(23)27-19-22-13-8-9-15-26(22)32-27/h8-9,11,13,15-16,18-19,30-31H,5-7,10,12,14,17H2,1-4H3. The van der Waals surface area contributed by atoms with Gasteiger partial charge in [0, 0.05) is 20.7 Å². The maximum Gasteiger partial charge on any atom is 0.131 e. The smallest absolute Gasteiger partial charge is 0.131 e. The number of hydrogen-bond donors (Lipinski definition) is 2. The zero-order valence-electron chi connectivity index (χ0n) is 19.9. The molecule has 0 unspecified atom stereocenters. The summed E-state index contributed by atoms with van der Waals surface area (Å²) in [5.41, 5.74) is 5.16. The van der Waals surface area contributed by atoms with E-state index in [1.807, 2.05) is 12.1 Å². The largest absolute Gasteiger partial charge is 0.508 e. The summed E-state index contributed by atoms with van der Waals surface area (Å²) in [4.78, 5) is 1.07. The van der Waals surface area contributed by atoms with Gasteiger partial charge in [0.1, 0.15) is 11.5 Å². The molecule has 0 bridgehead atoms. The molecule has 3 aromatic rings. The summed E-state index contributed by atoms with van der Waals surface area (Å²) in [6, 6.07) is 12.4. The van der Waals surface area contributed by atoms with Gasteiger partial charge >= 0.3 is 0 Å². The summed E-state index contributed by atoms with van der Waals surface area (Å²) in [5, 5.41) is 23.4. The third-order valence-corrected chi connectivity index (χ3v) is 7.06. The second kappa shape index (κ2) is 11.4. The van der Waals surface area contributed by atoms with Crippen molar-refractivity contribution in [2.45, 2.75) is 72.6 Å². The molecule has 170 valence electrons.